The van der Waals surface area contributed by atoms with Gasteiger partial charge in [0.1, 0.15) is 17.8 Å². The number of aromatic nitrogens is 2. The summed E-state index contributed by atoms with van der Waals surface area (Å²) in [5.41, 5.74) is -0.470. The van der Waals surface area contributed by atoms with Crippen LogP contribution in [-0.4, -0.2) is 45.7 Å². The Morgan fingerprint density at radius 3 is 2.59 bits per heavy atom. The predicted molar refractivity (Wildman–Crippen MR) is 117 cm³/mol. The van der Waals surface area contributed by atoms with Gasteiger partial charge in [0.15, 0.2) is 11.3 Å². The van der Waals surface area contributed by atoms with Crippen molar-refractivity contribution in [3.8, 4) is 6.07 Å². The molecule has 0 bridgehead atoms. The summed E-state index contributed by atoms with van der Waals surface area (Å²) in [6.07, 6.45) is -1.59. The van der Waals surface area contributed by atoms with Crippen molar-refractivity contribution in [3.05, 3.63) is 64.1 Å². The van der Waals surface area contributed by atoms with Crippen LogP contribution in [0.3, 0.4) is 0 Å². The maximum atomic E-state index is 13.7. The molecule has 0 unspecified atom stereocenters. The van der Waals surface area contributed by atoms with E-state index >= 15 is 0 Å². The lowest BCUT2D eigenvalue weighted by Gasteiger charge is -2.34. The summed E-state index contributed by atoms with van der Waals surface area (Å²) in [4.78, 5) is 32.5. The summed E-state index contributed by atoms with van der Waals surface area (Å²) in [7, 11) is 0. The van der Waals surface area contributed by atoms with Gasteiger partial charge in [0.2, 0.25) is 5.91 Å². The number of halogens is 4. The SMILES string of the molecule is N#Cc1ccccc1N1CCN(C(=O)c2nc3c(C(F)(F)F)cc(C4CC4)cn3c2Cl)CC1=O. The smallest absolute Gasteiger partial charge is 0.326 e. The summed E-state index contributed by atoms with van der Waals surface area (Å²) in [5, 5.41) is 9.08. The first kappa shape index (κ1) is 22.2. The average Bonchev–Trinajstić information content (AvgIpc) is 3.61. The van der Waals surface area contributed by atoms with E-state index in [1.807, 2.05) is 6.07 Å². The number of imidazole rings is 1. The Morgan fingerprint density at radius 1 is 1.21 bits per heavy atom. The van der Waals surface area contributed by atoms with Gasteiger partial charge in [-0.15, -0.1) is 0 Å². The summed E-state index contributed by atoms with van der Waals surface area (Å²) >= 11 is 6.35. The minimum atomic E-state index is -4.67. The van der Waals surface area contributed by atoms with Gasteiger partial charge in [-0.25, -0.2) is 4.98 Å². The molecular formula is C23H17ClF3N5O2. The van der Waals surface area contributed by atoms with E-state index in [0.29, 0.717) is 16.8 Å². The standard InChI is InChI=1S/C23H17ClF3N5O2/c24-20-19(29-21-16(23(25,26)27)9-15(11-32(20)21)13-5-6-13)22(34)30-7-8-31(18(33)12-30)17-4-2-1-3-14(17)10-28/h1-4,9,11,13H,5-8,12H2. The molecule has 0 radical (unpaired) electrons. The van der Waals surface area contributed by atoms with Crippen LogP contribution in [0.1, 0.15) is 45.9 Å². The van der Waals surface area contributed by atoms with Crippen molar-refractivity contribution in [2.24, 2.45) is 0 Å². The van der Waals surface area contributed by atoms with Crippen molar-refractivity contribution in [2.75, 3.05) is 24.5 Å². The maximum Gasteiger partial charge on any atom is 0.419 e. The molecule has 11 heteroatoms. The van der Waals surface area contributed by atoms with Gasteiger partial charge < -0.3 is 9.80 Å². The first-order valence-corrected chi connectivity index (χ1v) is 10.9. The van der Waals surface area contributed by atoms with E-state index in [1.54, 1.807) is 24.3 Å². The highest BCUT2D eigenvalue weighted by atomic mass is 35.5. The maximum absolute atomic E-state index is 13.7. The molecule has 1 saturated heterocycles. The number of rotatable bonds is 3. The lowest BCUT2D eigenvalue weighted by Crippen LogP contribution is -2.52. The fourth-order valence-electron chi connectivity index (χ4n) is 4.18. The second kappa shape index (κ2) is 8.02. The van der Waals surface area contributed by atoms with Gasteiger partial charge in [-0.05, 0) is 42.5 Å². The van der Waals surface area contributed by atoms with E-state index in [-0.39, 0.29) is 36.4 Å². The number of amides is 2. The second-order valence-electron chi connectivity index (χ2n) is 8.31. The van der Waals surface area contributed by atoms with E-state index in [4.69, 9.17) is 11.6 Å². The van der Waals surface area contributed by atoms with Gasteiger partial charge in [-0.2, -0.15) is 18.4 Å². The van der Waals surface area contributed by atoms with Gasteiger partial charge in [0.25, 0.3) is 5.91 Å². The van der Waals surface area contributed by atoms with Gasteiger partial charge >= 0.3 is 6.18 Å². The summed E-state index contributed by atoms with van der Waals surface area (Å²) in [6, 6.07) is 9.71. The molecule has 3 heterocycles. The third-order valence-electron chi connectivity index (χ3n) is 6.06. The third kappa shape index (κ3) is 3.76. The second-order valence-corrected chi connectivity index (χ2v) is 8.66. The lowest BCUT2D eigenvalue weighted by molar-refractivity contribution is -0.136. The van der Waals surface area contributed by atoms with Crippen LogP contribution in [0.15, 0.2) is 36.5 Å². The molecular weight excluding hydrogens is 471 g/mol. The van der Waals surface area contributed by atoms with Crippen molar-refractivity contribution < 1.29 is 22.8 Å². The molecule has 174 valence electrons. The molecule has 0 atom stereocenters. The Bertz CT molecular complexity index is 1370. The molecule has 0 N–H and O–H groups in total. The van der Waals surface area contributed by atoms with Gasteiger partial charge in [0.05, 0.1) is 16.8 Å². The zero-order valence-electron chi connectivity index (χ0n) is 17.6. The predicted octanol–water partition coefficient (Wildman–Crippen LogP) is 4.24. The first-order valence-electron chi connectivity index (χ1n) is 10.6. The summed E-state index contributed by atoms with van der Waals surface area (Å²) in [5.74, 6) is -1.12. The number of hydrogen-bond donors (Lipinski definition) is 0. The molecule has 3 aromatic rings. The molecule has 1 aliphatic heterocycles. The molecule has 7 nitrogen and oxygen atoms in total. The zero-order valence-corrected chi connectivity index (χ0v) is 18.4. The first-order chi connectivity index (χ1) is 16.2. The van der Waals surface area contributed by atoms with Crippen LogP contribution in [-0.2, 0) is 11.0 Å². The Kier molecular flexibility index (Phi) is 5.24. The van der Waals surface area contributed by atoms with Crippen molar-refractivity contribution in [1.82, 2.24) is 14.3 Å². The van der Waals surface area contributed by atoms with Crippen LogP contribution in [0, 0.1) is 11.3 Å². The van der Waals surface area contributed by atoms with Crippen LogP contribution >= 0.6 is 11.6 Å². The van der Waals surface area contributed by atoms with E-state index in [1.165, 1.54) is 16.0 Å². The number of hydrogen-bond acceptors (Lipinski definition) is 4. The minimum Gasteiger partial charge on any atom is -0.326 e. The molecule has 1 saturated carbocycles. The summed E-state index contributed by atoms with van der Waals surface area (Å²) < 4.78 is 42.3. The van der Waals surface area contributed by atoms with E-state index in [0.717, 1.165) is 23.3 Å². The molecule has 1 aromatic carbocycles. The zero-order chi connectivity index (χ0) is 24.2. The average molecular weight is 488 g/mol. The van der Waals surface area contributed by atoms with Crippen LogP contribution in [0.25, 0.3) is 5.65 Å². The number of benzene rings is 1. The fraction of sp³-hybridized carbons (Fsp3) is 0.304. The molecule has 34 heavy (non-hydrogen) atoms. The number of carbonyl (C=O) groups excluding carboxylic acids is 2. The highest BCUT2D eigenvalue weighted by molar-refractivity contribution is 6.33. The molecule has 0 spiro atoms. The van der Waals surface area contributed by atoms with Crippen LogP contribution in [0.2, 0.25) is 5.15 Å². The number of fused-ring (bicyclic) bond motifs is 1. The summed E-state index contributed by atoms with van der Waals surface area (Å²) in [6.45, 7) is -0.0931. The number of anilines is 1. The molecule has 5 rings (SSSR count). The minimum absolute atomic E-state index is 0.0325. The molecule has 1 aliphatic carbocycles. The number of pyridine rings is 1. The number of nitriles is 1. The number of para-hydroxylation sites is 1. The number of nitrogens with zero attached hydrogens (tertiary/aromatic N) is 5. The van der Waals surface area contributed by atoms with Gasteiger partial charge in [0, 0.05) is 19.3 Å². The van der Waals surface area contributed by atoms with Gasteiger partial charge in [-0.1, -0.05) is 23.7 Å². The lowest BCUT2D eigenvalue weighted by atomic mass is 10.1. The molecule has 2 aromatic heterocycles. The normalized spacial score (nSPS) is 16.7. The highest BCUT2D eigenvalue weighted by Crippen LogP contribution is 2.43. The quantitative estimate of drug-likeness (QED) is 0.553. The third-order valence-corrected chi connectivity index (χ3v) is 6.42. The topological polar surface area (TPSA) is 81.7 Å². The van der Waals surface area contributed by atoms with E-state index < -0.39 is 29.2 Å². The Hall–Kier alpha value is -3.58. The Labute approximate surface area is 196 Å². The van der Waals surface area contributed by atoms with E-state index in [2.05, 4.69) is 4.98 Å². The van der Waals surface area contributed by atoms with Crippen molar-refractivity contribution in [2.45, 2.75) is 24.9 Å². The number of alkyl halides is 3. The molecule has 2 amide bonds. The van der Waals surface area contributed by atoms with Crippen LogP contribution in [0.4, 0.5) is 18.9 Å². The molecule has 2 fully saturated rings. The monoisotopic (exact) mass is 487 g/mol. The van der Waals surface area contributed by atoms with E-state index in [9.17, 15) is 28.0 Å². The fourth-order valence-corrected chi connectivity index (χ4v) is 4.43. The highest BCUT2D eigenvalue weighted by Gasteiger charge is 2.38. The Balaban J connectivity index is 1.46. The van der Waals surface area contributed by atoms with Gasteiger partial charge in [-0.3, -0.25) is 14.0 Å². The molecule has 2 aliphatic rings. The number of piperazine rings is 1. The van der Waals surface area contributed by atoms with Crippen molar-refractivity contribution >= 4 is 34.7 Å². The number of carbonyl (C=O) groups is 2. The van der Waals surface area contributed by atoms with Crippen molar-refractivity contribution in [1.29, 1.82) is 5.26 Å². The largest absolute Gasteiger partial charge is 0.419 e. The Morgan fingerprint density at radius 2 is 1.94 bits per heavy atom. The van der Waals surface area contributed by atoms with Crippen LogP contribution < -0.4 is 4.90 Å². The van der Waals surface area contributed by atoms with Crippen molar-refractivity contribution in [3.63, 3.8) is 0 Å². The van der Waals surface area contributed by atoms with Crippen LogP contribution in [0.5, 0.6) is 0 Å².